The van der Waals surface area contributed by atoms with Crippen molar-refractivity contribution in [2.24, 2.45) is 0 Å². The lowest BCUT2D eigenvalue weighted by Crippen LogP contribution is -2.08. The average molecular weight is 400 g/mol. The lowest BCUT2D eigenvalue weighted by molar-refractivity contribution is -0.141. The molecule has 0 aliphatic rings. The average Bonchev–Trinajstić information content (AvgIpc) is 3.14. The zero-order valence-corrected chi connectivity index (χ0v) is 16.9. The lowest BCUT2D eigenvalue weighted by Gasteiger charge is -2.08. The van der Waals surface area contributed by atoms with Crippen molar-refractivity contribution in [2.75, 3.05) is 12.0 Å². The molecule has 0 radical (unpaired) electrons. The number of nitrogens with zero attached hydrogens (tertiary/aromatic N) is 3. The van der Waals surface area contributed by atoms with Gasteiger partial charge in [-0.25, -0.2) is 0 Å². The maximum absolute atomic E-state index is 12.1. The molecule has 1 aromatic heterocycles. The molecule has 0 aliphatic carbocycles. The molecule has 0 unspecified atom stereocenters. The smallest absolute Gasteiger partial charge is 0.316 e. The molecule has 7 heteroatoms. The quantitative estimate of drug-likeness (QED) is 0.410. The first kappa shape index (κ1) is 19.5. The van der Waals surface area contributed by atoms with E-state index in [9.17, 15) is 4.79 Å². The number of hydrogen-bond acceptors (Lipinski definition) is 6. The Bertz CT molecular complexity index is 880. The van der Waals surface area contributed by atoms with Gasteiger partial charge in [0.25, 0.3) is 0 Å². The first-order chi connectivity index (χ1) is 13.2. The number of aromatic nitrogens is 3. The largest absolute Gasteiger partial charge is 0.460 e. The van der Waals surface area contributed by atoms with Crippen LogP contribution in [0.1, 0.15) is 12.5 Å². The van der Waals surface area contributed by atoms with Gasteiger partial charge >= 0.3 is 5.97 Å². The number of ether oxygens (including phenoxy) is 1. The minimum Gasteiger partial charge on any atom is -0.460 e. The summed E-state index contributed by atoms with van der Waals surface area (Å²) in [5.41, 5.74) is 1.99. The van der Waals surface area contributed by atoms with Crippen molar-refractivity contribution in [1.29, 1.82) is 0 Å². The van der Waals surface area contributed by atoms with E-state index in [0.717, 1.165) is 28.7 Å². The molecule has 0 amide bonds. The second-order valence-corrected chi connectivity index (χ2v) is 7.54. The Labute approximate surface area is 167 Å². The molecule has 0 spiro atoms. The van der Waals surface area contributed by atoms with Crippen molar-refractivity contribution in [3.63, 3.8) is 0 Å². The number of carbonyl (C=O) groups is 1. The molecule has 3 aromatic rings. The fourth-order valence-corrected chi connectivity index (χ4v) is 3.74. The second kappa shape index (κ2) is 9.62. The van der Waals surface area contributed by atoms with Gasteiger partial charge in [-0.2, -0.15) is 0 Å². The molecule has 3 rings (SSSR count). The fraction of sp³-hybridized carbons (Fsp3) is 0.250. The molecule has 0 aliphatic heterocycles. The topological polar surface area (TPSA) is 57.0 Å². The molecular weight excluding hydrogens is 378 g/mol. The molecule has 0 bridgehead atoms. The number of rotatable bonds is 8. The molecule has 1 heterocycles. The van der Waals surface area contributed by atoms with Crippen LogP contribution in [0.15, 0.2) is 64.6 Å². The van der Waals surface area contributed by atoms with Crippen molar-refractivity contribution in [2.45, 2.75) is 30.1 Å². The second-order valence-electron chi connectivity index (χ2n) is 5.71. The third-order valence-electron chi connectivity index (χ3n) is 3.94. The summed E-state index contributed by atoms with van der Waals surface area (Å²) >= 11 is 3.03. The minimum atomic E-state index is -0.263. The standard InChI is InChI=1S/C20H21N3O2S2/c1-3-23-19(16-7-5-4-6-8-16)21-22-20(23)27-14-18(24)25-13-15-9-11-17(26-2)12-10-15/h4-12H,3,13-14H2,1-2H3. The zero-order chi connectivity index (χ0) is 19.1. The molecule has 27 heavy (non-hydrogen) atoms. The highest BCUT2D eigenvalue weighted by Gasteiger charge is 2.14. The third-order valence-corrected chi connectivity index (χ3v) is 5.63. The van der Waals surface area contributed by atoms with Crippen LogP contribution < -0.4 is 0 Å². The van der Waals surface area contributed by atoms with Crippen LogP contribution in [0.5, 0.6) is 0 Å². The maximum Gasteiger partial charge on any atom is 0.316 e. The van der Waals surface area contributed by atoms with E-state index in [4.69, 9.17) is 4.74 Å². The number of hydrogen-bond donors (Lipinski definition) is 0. The molecule has 0 saturated heterocycles. The van der Waals surface area contributed by atoms with E-state index >= 15 is 0 Å². The molecule has 140 valence electrons. The molecule has 0 saturated carbocycles. The first-order valence-electron chi connectivity index (χ1n) is 8.61. The SMILES string of the molecule is CCn1c(SCC(=O)OCc2ccc(SC)cc2)nnc1-c1ccccc1. The number of thioether (sulfide) groups is 2. The third kappa shape index (κ3) is 5.14. The van der Waals surface area contributed by atoms with Gasteiger partial charge in [-0.15, -0.1) is 22.0 Å². The number of benzene rings is 2. The van der Waals surface area contributed by atoms with Gasteiger partial charge in [0.2, 0.25) is 0 Å². The highest BCUT2D eigenvalue weighted by molar-refractivity contribution is 7.99. The summed E-state index contributed by atoms with van der Waals surface area (Å²) in [5, 5.41) is 9.24. The Morgan fingerprint density at radius 1 is 1.07 bits per heavy atom. The predicted octanol–water partition coefficient (Wildman–Crippen LogP) is 4.52. The van der Waals surface area contributed by atoms with E-state index in [1.807, 2.05) is 72.3 Å². The summed E-state index contributed by atoms with van der Waals surface area (Å²) in [6, 6.07) is 17.9. The Morgan fingerprint density at radius 3 is 2.48 bits per heavy atom. The van der Waals surface area contributed by atoms with E-state index in [1.165, 1.54) is 16.7 Å². The van der Waals surface area contributed by atoms with Crippen LogP contribution in [0.3, 0.4) is 0 Å². The van der Waals surface area contributed by atoms with E-state index < -0.39 is 0 Å². The summed E-state index contributed by atoms with van der Waals surface area (Å²) in [6.07, 6.45) is 2.03. The molecule has 2 aromatic carbocycles. The van der Waals surface area contributed by atoms with Crippen LogP contribution in [-0.2, 0) is 22.7 Å². The zero-order valence-electron chi connectivity index (χ0n) is 15.3. The highest BCUT2D eigenvalue weighted by Crippen LogP contribution is 2.24. The van der Waals surface area contributed by atoms with Crippen LogP contribution in [0, 0.1) is 0 Å². The van der Waals surface area contributed by atoms with Crippen LogP contribution in [-0.4, -0.2) is 32.7 Å². The van der Waals surface area contributed by atoms with Crippen molar-refractivity contribution in [1.82, 2.24) is 14.8 Å². The molecule has 5 nitrogen and oxygen atoms in total. The van der Waals surface area contributed by atoms with Gasteiger partial charge in [0.1, 0.15) is 6.61 Å². The summed E-state index contributed by atoms with van der Waals surface area (Å²) in [6.45, 7) is 3.05. The van der Waals surface area contributed by atoms with Gasteiger partial charge in [0, 0.05) is 17.0 Å². The van der Waals surface area contributed by atoms with Crippen LogP contribution in [0.4, 0.5) is 0 Å². The molecule has 0 fully saturated rings. The van der Waals surface area contributed by atoms with Gasteiger partial charge in [0.05, 0.1) is 5.75 Å². The van der Waals surface area contributed by atoms with E-state index in [2.05, 4.69) is 10.2 Å². The summed E-state index contributed by atoms with van der Waals surface area (Å²) < 4.78 is 7.37. The minimum absolute atomic E-state index is 0.204. The summed E-state index contributed by atoms with van der Waals surface area (Å²) in [7, 11) is 0. The number of carbonyl (C=O) groups excluding carboxylic acids is 1. The fourth-order valence-electron chi connectivity index (χ4n) is 2.53. The van der Waals surface area contributed by atoms with E-state index in [0.29, 0.717) is 0 Å². The molecule has 0 N–H and O–H groups in total. The van der Waals surface area contributed by atoms with Crippen LogP contribution in [0.2, 0.25) is 0 Å². The van der Waals surface area contributed by atoms with Crippen molar-refractivity contribution in [3.8, 4) is 11.4 Å². The van der Waals surface area contributed by atoms with Crippen LogP contribution >= 0.6 is 23.5 Å². The monoisotopic (exact) mass is 399 g/mol. The van der Waals surface area contributed by atoms with Crippen LogP contribution in [0.25, 0.3) is 11.4 Å². The van der Waals surface area contributed by atoms with Gasteiger partial charge < -0.3 is 9.30 Å². The number of esters is 1. The Morgan fingerprint density at radius 2 is 1.81 bits per heavy atom. The van der Waals surface area contributed by atoms with Gasteiger partial charge in [0.15, 0.2) is 11.0 Å². The predicted molar refractivity (Wildman–Crippen MR) is 110 cm³/mol. The highest BCUT2D eigenvalue weighted by atomic mass is 32.2. The summed E-state index contributed by atoms with van der Waals surface area (Å²) in [4.78, 5) is 13.3. The Balaban J connectivity index is 1.56. The van der Waals surface area contributed by atoms with Gasteiger partial charge in [-0.1, -0.05) is 54.2 Å². The summed E-state index contributed by atoms with van der Waals surface area (Å²) in [5.74, 6) is 0.749. The Kier molecular flexibility index (Phi) is 6.95. The van der Waals surface area contributed by atoms with E-state index in [-0.39, 0.29) is 18.3 Å². The molecular formula is C20H21N3O2S2. The van der Waals surface area contributed by atoms with Crippen molar-refractivity contribution >= 4 is 29.5 Å². The Hall–Kier alpha value is -2.25. The maximum atomic E-state index is 12.1. The van der Waals surface area contributed by atoms with Gasteiger partial charge in [-0.05, 0) is 30.9 Å². The van der Waals surface area contributed by atoms with Crippen molar-refractivity contribution < 1.29 is 9.53 Å². The van der Waals surface area contributed by atoms with Gasteiger partial charge in [-0.3, -0.25) is 4.79 Å². The molecule has 0 atom stereocenters. The lowest BCUT2D eigenvalue weighted by atomic mass is 10.2. The first-order valence-corrected chi connectivity index (χ1v) is 10.8. The van der Waals surface area contributed by atoms with Crippen molar-refractivity contribution in [3.05, 3.63) is 60.2 Å². The normalized spacial score (nSPS) is 10.7. The van der Waals surface area contributed by atoms with E-state index in [1.54, 1.807) is 11.8 Å².